The lowest BCUT2D eigenvalue weighted by molar-refractivity contribution is -0.925. The highest BCUT2D eigenvalue weighted by Crippen LogP contribution is 2.25. The van der Waals surface area contributed by atoms with Gasteiger partial charge in [-0.25, -0.2) is 4.57 Å². The molecule has 0 aromatic carbocycles. The van der Waals surface area contributed by atoms with Gasteiger partial charge in [-0.3, -0.25) is 0 Å². The van der Waals surface area contributed by atoms with Gasteiger partial charge in [0.25, 0.3) is 0 Å². The fraction of sp³-hybridized carbons (Fsp3) is 1.00. The maximum Gasteiger partial charge on any atom is 0.466 e. The van der Waals surface area contributed by atoms with Crippen molar-refractivity contribution in [3.63, 3.8) is 0 Å². The Morgan fingerprint density at radius 3 is 0.763 bits per heavy atom. The van der Waals surface area contributed by atoms with Gasteiger partial charge in [-0.1, -0.05) is 142 Å². The average Bonchev–Trinajstić information content (AvgIpc) is 2.88. The van der Waals surface area contributed by atoms with Crippen LogP contribution in [0.5, 0.6) is 0 Å². The van der Waals surface area contributed by atoms with Crippen molar-refractivity contribution in [3.05, 3.63) is 0 Å². The van der Waals surface area contributed by atoms with Crippen molar-refractivity contribution in [1.29, 1.82) is 0 Å². The molecular formula is C32H71NO4P+. The molecule has 5 nitrogen and oxygen atoms in total. The lowest BCUT2D eigenvalue weighted by Gasteiger charge is -2.37. The minimum absolute atomic E-state index is 1.34. The quantitative estimate of drug-likeness (QED) is 0.0502. The molecule has 0 fully saturated rings. The van der Waals surface area contributed by atoms with Crippen LogP contribution in [0.2, 0.25) is 0 Å². The first-order valence-corrected chi connectivity index (χ1v) is 18.4. The topological polar surface area (TPSA) is 77.8 Å². The molecule has 0 aliphatic heterocycles. The zero-order valence-electron chi connectivity index (χ0n) is 26.4. The van der Waals surface area contributed by atoms with E-state index in [1.807, 2.05) is 0 Å². The smallest absolute Gasteiger partial charge is 0.324 e. The van der Waals surface area contributed by atoms with Gasteiger partial charge in [0.2, 0.25) is 0 Å². The summed E-state index contributed by atoms with van der Waals surface area (Å²) in [6, 6.07) is 0. The van der Waals surface area contributed by atoms with E-state index in [9.17, 15) is 0 Å². The van der Waals surface area contributed by atoms with Crippen molar-refractivity contribution >= 4 is 7.82 Å². The summed E-state index contributed by atoms with van der Waals surface area (Å²) in [7, 11) is -4.64. The normalized spacial score (nSPS) is 12.0. The highest BCUT2D eigenvalue weighted by molar-refractivity contribution is 7.45. The van der Waals surface area contributed by atoms with E-state index >= 15 is 0 Å². The van der Waals surface area contributed by atoms with Gasteiger partial charge in [0, 0.05) is 0 Å². The van der Waals surface area contributed by atoms with E-state index in [0.717, 1.165) is 0 Å². The van der Waals surface area contributed by atoms with E-state index < -0.39 is 7.82 Å². The molecule has 6 heteroatoms. The van der Waals surface area contributed by atoms with E-state index in [1.165, 1.54) is 185 Å². The summed E-state index contributed by atoms with van der Waals surface area (Å²) in [6.45, 7) is 15.0. The van der Waals surface area contributed by atoms with Crippen LogP contribution in [0.25, 0.3) is 0 Å². The van der Waals surface area contributed by atoms with Crippen LogP contribution in [0, 0.1) is 0 Å². The van der Waals surface area contributed by atoms with Crippen molar-refractivity contribution in [2.75, 3.05) is 26.2 Å². The van der Waals surface area contributed by atoms with E-state index in [4.69, 9.17) is 19.2 Å². The molecule has 232 valence electrons. The third kappa shape index (κ3) is 34.1. The Labute approximate surface area is 239 Å². The molecule has 0 heterocycles. The second-order valence-corrected chi connectivity index (χ2v) is 12.7. The first-order chi connectivity index (χ1) is 18.2. The average molecular weight is 565 g/mol. The molecule has 0 aromatic heterocycles. The third-order valence-electron chi connectivity index (χ3n) is 8.31. The number of nitrogens with zero attached hydrogens (tertiary/aromatic N) is 1. The Kier molecular flexibility index (Phi) is 31.8. The lowest BCUT2D eigenvalue weighted by Crippen LogP contribution is -2.49. The fourth-order valence-electron chi connectivity index (χ4n) is 5.54. The number of hydrogen-bond acceptors (Lipinski definition) is 1. The SMILES string of the molecule is CCCCCCCCCCCCCC[N+](CC)(CC)CCCCCCCCCCCCCC.O=P(O)(O)O. The molecule has 0 atom stereocenters. The number of rotatable bonds is 28. The van der Waals surface area contributed by atoms with E-state index in [1.54, 1.807) is 0 Å². The summed E-state index contributed by atoms with van der Waals surface area (Å²) in [5.74, 6) is 0. The molecule has 0 saturated carbocycles. The van der Waals surface area contributed by atoms with Crippen LogP contribution >= 0.6 is 7.82 Å². The van der Waals surface area contributed by atoms with Crippen molar-refractivity contribution in [1.82, 2.24) is 0 Å². The van der Waals surface area contributed by atoms with Gasteiger partial charge < -0.3 is 19.2 Å². The Hall–Kier alpha value is 0.0700. The number of unbranched alkanes of at least 4 members (excludes halogenated alkanes) is 22. The largest absolute Gasteiger partial charge is 0.466 e. The molecule has 38 heavy (non-hydrogen) atoms. The van der Waals surface area contributed by atoms with Crippen molar-refractivity contribution in [3.8, 4) is 0 Å². The van der Waals surface area contributed by atoms with Crippen LogP contribution in [0.1, 0.15) is 182 Å². The molecule has 0 spiro atoms. The second kappa shape index (κ2) is 30.0. The molecule has 0 bridgehead atoms. The molecule has 0 saturated heterocycles. The highest BCUT2D eigenvalue weighted by atomic mass is 31.2. The minimum atomic E-state index is -4.64. The van der Waals surface area contributed by atoms with Crippen LogP contribution in [0.3, 0.4) is 0 Å². The highest BCUT2D eigenvalue weighted by Gasteiger charge is 2.21. The standard InChI is InChI=1S/C32H68N.H3O4P/c1-5-9-11-13-15-17-19-21-23-25-27-29-31-33(7-3,8-4)32-30-28-26-24-22-20-18-16-14-12-10-6-2;1-5(2,3)4/h5-32H2,1-4H3;(H3,1,2,3,4)/q+1;. The van der Waals surface area contributed by atoms with Crippen molar-refractivity contribution in [2.45, 2.75) is 182 Å². The van der Waals surface area contributed by atoms with Crippen LogP contribution in [0.15, 0.2) is 0 Å². The van der Waals surface area contributed by atoms with Gasteiger partial charge in [-0.05, 0) is 39.5 Å². The fourth-order valence-corrected chi connectivity index (χ4v) is 5.54. The third-order valence-corrected chi connectivity index (χ3v) is 8.31. The Balaban J connectivity index is 0. The first-order valence-electron chi connectivity index (χ1n) is 16.9. The molecule has 0 aromatic rings. The molecule has 0 radical (unpaired) electrons. The van der Waals surface area contributed by atoms with E-state index in [2.05, 4.69) is 27.7 Å². The first kappa shape index (κ1) is 40.2. The maximum atomic E-state index is 8.88. The molecule has 0 unspecified atom stereocenters. The summed E-state index contributed by atoms with van der Waals surface area (Å²) in [5, 5.41) is 0. The zero-order valence-corrected chi connectivity index (χ0v) is 27.3. The molecule has 0 aliphatic rings. The van der Waals surface area contributed by atoms with Gasteiger partial charge in [0.1, 0.15) is 0 Å². The van der Waals surface area contributed by atoms with Gasteiger partial charge in [-0.15, -0.1) is 0 Å². The second-order valence-electron chi connectivity index (χ2n) is 11.7. The molecule has 3 N–H and O–H groups in total. The predicted molar refractivity (Wildman–Crippen MR) is 167 cm³/mol. The van der Waals surface area contributed by atoms with Gasteiger partial charge in [0.15, 0.2) is 0 Å². The predicted octanol–water partition coefficient (Wildman–Crippen LogP) is 10.3. The Morgan fingerprint density at radius 2 is 0.579 bits per heavy atom. The molecular weight excluding hydrogens is 493 g/mol. The number of quaternary nitrogens is 1. The summed E-state index contributed by atoms with van der Waals surface area (Å²) >= 11 is 0. The summed E-state index contributed by atoms with van der Waals surface area (Å²) < 4.78 is 10.3. The number of hydrogen-bond donors (Lipinski definition) is 3. The van der Waals surface area contributed by atoms with Crippen molar-refractivity contribution in [2.24, 2.45) is 0 Å². The molecule has 0 rings (SSSR count). The van der Waals surface area contributed by atoms with E-state index in [-0.39, 0.29) is 0 Å². The monoisotopic (exact) mass is 565 g/mol. The summed E-state index contributed by atoms with van der Waals surface area (Å²) in [4.78, 5) is 21.6. The van der Waals surface area contributed by atoms with Gasteiger partial charge in [0.05, 0.1) is 26.2 Å². The van der Waals surface area contributed by atoms with Crippen molar-refractivity contribution < 1.29 is 23.7 Å². The number of phosphoric acid groups is 1. The minimum Gasteiger partial charge on any atom is -0.324 e. The Morgan fingerprint density at radius 1 is 0.395 bits per heavy atom. The van der Waals surface area contributed by atoms with Crippen LogP contribution in [-0.4, -0.2) is 45.3 Å². The van der Waals surface area contributed by atoms with Crippen LogP contribution in [-0.2, 0) is 4.57 Å². The van der Waals surface area contributed by atoms with E-state index in [0.29, 0.717) is 0 Å². The Bertz CT molecular complexity index is 456. The van der Waals surface area contributed by atoms with Crippen LogP contribution in [0.4, 0.5) is 0 Å². The van der Waals surface area contributed by atoms with Crippen LogP contribution < -0.4 is 0 Å². The zero-order chi connectivity index (χ0) is 28.8. The maximum absolute atomic E-state index is 8.88. The summed E-state index contributed by atoms with van der Waals surface area (Å²) in [5.41, 5.74) is 0. The molecule has 0 amide bonds. The van der Waals surface area contributed by atoms with Gasteiger partial charge >= 0.3 is 7.82 Å². The van der Waals surface area contributed by atoms with Gasteiger partial charge in [-0.2, -0.15) is 0 Å². The summed E-state index contributed by atoms with van der Waals surface area (Å²) in [6.07, 6.45) is 35.1. The lowest BCUT2D eigenvalue weighted by atomic mass is 10.0. The molecule has 0 aliphatic carbocycles.